The van der Waals surface area contributed by atoms with Gasteiger partial charge in [-0.25, -0.2) is 4.98 Å². The van der Waals surface area contributed by atoms with Crippen molar-refractivity contribution in [3.05, 3.63) is 23.8 Å². The molecule has 1 aromatic heterocycles. The molecule has 134 valence electrons. The second-order valence-electron chi connectivity index (χ2n) is 7.22. The van der Waals surface area contributed by atoms with Crippen molar-refractivity contribution < 1.29 is 9.59 Å². The molecule has 0 bridgehead atoms. The van der Waals surface area contributed by atoms with E-state index in [1.165, 1.54) is 11.3 Å². The number of carbonyl (C=O) groups is 2. The minimum Gasteiger partial charge on any atom is -0.330 e. The van der Waals surface area contributed by atoms with Crippen molar-refractivity contribution in [2.24, 2.45) is 11.1 Å². The number of anilines is 1. The fourth-order valence-electron chi connectivity index (χ4n) is 3.03. The van der Waals surface area contributed by atoms with Gasteiger partial charge in [0.05, 0.1) is 15.6 Å². The van der Waals surface area contributed by atoms with Crippen LogP contribution in [0.3, 0.4) is 0 Å². The van der Waals surface area contributed by atoms with E-state index in [9.17, 15) is 9.59 Å². The summed E-state index contributed by atoms with van der Waals surface area (Å²) in [4.78, 5) is 31.5. The highest BCUT2D eigenvalue weighted by atomic mass is 32.1. The van der Waals surface area contributed by atoms with Crippen LogP contribution >= 0.6 is 11.3 Å². The van der Waals surface area contributed by atoms with Crippen LogP contribution in [0.5, 0.6) is 0 Å². The first-order chi connectivity index (χ1) is 11.8. The molecular formula is C18H24N4O2S. The maximum atomic E-state index is 12.7. The zero-order valence-electron chi connectivity index (χ0n) is 14.8. The van der Waals surface area contributed by atoms with E-state index in [-0.39, 0.29) is 18.4 Å². The average molecular weight is 360 g/mol. The van der Waals surface area contributed by atoms with E-state index in [0.717, 1.165) is 22.2 Å². The van der Waals surface area contributed by atoms with Crippen molar-refractivity contribution >= 4 is 38.5 Å². The van der Waals surface area contributed by atoms with E-state index >= 15 is 0 Å². The summed E-state index contributed by atoms with van der Waals surface area (Å²) in [5.74, 6) is -0.234. The molecule has 0 saturated carbocycles. The number of thiazole rings is 1. The topological polar surface area (TPSA) is 88.3 Å². The van der Waals surface area contributed by atoms with Gasteiger partial charge in [-0.15, -0.1) is 0 Å². The molecule has 1 atom stereocenters. The van der Waals surface area contributed by atoms with E-state index < -0.39 is 11.5 Å². The highest BCUT2D eigenvalue weighted by Gasteiger charge is 2.40. The largest absolute Gasteiger partial charge is 0.330 e. The zero-order chi connectivity index (χ0) is 18.2. The molecule has 2 amide bonds. The molecule has 2 aromatic rings. The van der Waals surface area contributed by atoms with Crippen LogP contribution in [0.15, 0.2) is 18.2 Å². The van der Waals surface area contributed by atoms with E-state index in [4.69, 9.17) is 5.73 Å². The molecule has 1 fully saturated rings. The van der Waals surface area contributed by atoms with Crippen LogP contribution in [0.2, 0.25) is 0 Å². The lowest BCUT2D eigenvalue weighted by Gasteiger charge is -2.31. The first kappa shape index (κ1) is 17.8. The van der Waals surface area contributed by atoms with Crippen molar-refractivity contribution in [1.29, 1.82) is 0 Å². The number of fused-ring (bicyclic) bond motifs is 1. The van der Waals surface area contributed by atoms with Crippen molar-refractivity contribution in [2.45, 2.75) is 39.7 Å². The summed E-state index contributed by atoms with van der Waals surface area (Å²) < 4.78 is 1.04. The summed E-state index contributed by atoms with van der Waals surface area (Å²) in [7, 11) is 0. The summed E-state index contributed by atoms with van der Waals surface area (Å²) in [5.41, 5.74) is 7.09. The van der Waals surface area contributed by atoms with Gasteiger partial charge in [-0.2, -0.15) is 0 Å². The van der Waals surface area contributed by atoms with Gasteiger partial charge in [0, 0.05) is 13.1 Å². The van der Waals surface area contributed by atoms with Gasteiger partial charge in [0.15, 0.2) is 5.13 Å². The molecule has 0 radical (unpaired) electrons. The highest BCUT2D eigenvalue weighted by molar-refractivity contribution is 7.22. The Kier molecular flexibility index (Phi) is 4.79. The van der Waals surface area contributed by atoms with E-state index in [0.29, 0.717) is 18.1 Å². The Bertz CT molecular complexity index is 815. The maximum absolute atomic E-state index is 12.7. The number of likely N-dealkylation sites (tertiary alicyclic amines) is 1. The third-order valence-electron chi connectivity index (χ3n) is 4.68. The van der Waals surface area contributed by atoms with Gasteiger partial charge in [-0.1, -0.05) is 17.4 Å². The lowest BCUT2D eigenvalue weighted by Crippen LogP contribution is -2.50. The van der Waals surface area contributed by atoms with Crippen molar-refractivity contribution in [3.63, 3.8) is 0 Å². The first-order valence-electron chi connectivity index (χ1n) is 8.51. The fourth-order valence-corrected chi connectivity index (χ4v) is 4.00. The fraction of sp³-hybridized carbons (Fsp3) is 0.500. The van der Waals surface area contributed by atoms with Crippen molar-refractivity contribution in [3.8, 4) is 0 Å². The summed E-state index contributed by atoms with van der Waals surface area (Å²) in [5, 5.41) is 3.46. The minimum atomic E-state index is -0.656. The molecule has 2 heterocycles. The third-order valence-corrected chi connectivity index (χ3v) is 5.61. The molecule has 7 heteroatoms. The number of nitrogens with two attached hydrogens (primary N) is 1. The van der Waals surface area contributed by atoms with Crippen LogP contribution in [0.25, 0.3) is 10.2 Å². The van der Waals surface area contributed by atoms with Crippen LogP contribution < -0.4 is 11.1 Å². The predicted molar refractivity (Wildman–Crippen MR) is 101 cm³/mol. The van der Waals surface area contributed by atoms with Crippen LogP contribution in [-0.2, 0) is 9.59 Å². The summed E-state index contributed by atoms with van der Waals surface area (Å²) in [6.07, 6.45) is 1.49. The van der Waals surface area contributed by atoms with Crippen LogP contribution in [0.1, 0.15) is 32.3 Å². The Morgan fingerprint density at radius 2 is 2.20 bits per heavy atom. The van der Waals surface area contributed by atoms with E-state index in [1.54, 1.807) is 4.90 Å². The smallest absolute Gasteiger partial charge is 0.248 e. The molecule has 1 saturated heterocycles. The zero-order valence-corrected chi connectivity index (χ0v) is 15.7. The molecule has 1 aliphatic rings. The minimum absolute atomic E-state index is 0.0624. The van der Waals surface area contributed by atoms with Crippen LogP contribution in [-0.4, -0.2) is 40.8 Å². The number of carbonyl (C=O) groups excluding carboxylic acids is 2. The summed E-state index contributed by atoms with van der Waals surface area (Å²) in [6, 6.07) is 5.55. The molecule has 1 aliphatic heterocycles. The monoisotopic (exact) mass is 360 g/mol. The number of rotatable bonds is 4. The van der Waals surface area contributed by atoms with E-state index in [1.807, 2.05) is 32.9 Å². The van der Waals surface area contributed by atoms with Crippen molar-refractivity contribution in [1.82, 2.24) is 9.88 Å². The Hall–Kier alpha value is -1.99. The Labute approximate surface area is 151 Å². The van der Waals surface area contributed by atoms with E-state index in [2.05, 4.69) is 16.4 Å². The molecule has 0 unspecified atom stereocenters. The Morgan fingerprint density at radius 3 is 2.92 bits per heavy atom. The van der Waals surface area contributed by atoms with Gasteiger partial charge in [-0.05, 0) is 51.3 Å². The van der Waals surface area contributed by atoms with Crippen molar-refractivity contribution in [2.75, 3.05) is 18.4 Å². The quantitative estimate of drug-likeness (QED) is 0.877. The lowest BCUT2D eigenvalue weighted by atomic mass is 9.91. The lowest BCUT2D eigenvalue weighted by molar-refractivity contribution is -0.143. The molecule has 6 nitrogen and oxygen atoms in total. The van der Waals surface area contributed by atoms with Crippen LogP contribution in [0, 0.1) is 12.3 Å². The number of benzene rings is 1. The number of aromatic nitrogens is 1. The molecule has 25 heavy (non-hydrogen) atoms. The number of nitrogens with one attached hydrogen (secondary N) is 1. The predicted octanol–water partition coefficient (Wildman–Crippen LogP) is 2.52. The number of nitrogens with zero attached hydrogens (tertiary/aromatic N) is 2. The number of aryl methyl sites for hydroxylation is 1. The average Bonchev–Trinajstić information content (AvgIpc) is 3.19. The van der Waals surface area contributed by atoms with Gasteiger partial charge in [0.1, 0.15) is 6.04 Å². The third kappa shape index (κ3) is 3.52. The molecule has 0 spiro atoms. The van der Waals surface area contributed by atoms with Gasteiger partial charge in [-0.3, -0.25) is 9.59 Å². The molecule has 0 aliphatic carbocycles. The SMILES string of the molecule is Cc1ccc2nc(NC(=O)[C@@H]3CCCN3C(=O)C(C)(C)CN)sc2c1. The normalized spacial score (nSPS) is 17.9. The molecule has 3 rings (SSSR count). The number of amides is 2. The summed E-state index contributed by atoms with van der Waals surface area (Å²) >= 11 is 1.45. The summed E-state index contributed by atoms with van der Waals surface area (Å²) in [6.45, 7) is 6.52. The Balaban J connectivity index is 1.76. The second kappa shape index (κ2) is 6.72. The second-order valence-corrected chi connectivity index (χ2v) is 8.25. The van der Waals surface area contributed by atoms with Crippen LogP contribution in [0.4, 0.5) is 5.13 Å². The van der Waals surface area contributed by atoms with Gasteiger partial charge < -0.3 is 16.0 Å². The molecular weight excluding hydrogens is 336 g/mol. The molecule has 3 N–H and O–H groups in total. The molecule has 1 aromatic carbocycles. The Morgan fingerprint density at radius 1 is 1.44 bits per heavy atom. The first-order valence-corrected chi connectivity index (χ1v) is 9.32. The number of hydrogen-bond acceptors (Lipinski definition) is 5. The van der Waals surface area contributed by atoms with Gasteiger partial charge in [0.2, 0.25) is 11.8 Å². The maximum Gasteiger partial charge on any atom is 0.248 e. The standard InChI is InChI=1S/C18H24N4O2S/c1-11-6-7-12-14(9-11)25-17(20-12)21-15(23)13-5-4-8-22(13)16(24)18(2,3)10-19/h6-7,9,13H,4-5,8,10,19H2,1-3H3,(H,20,21,23)/t13-/m0/s1. The highest BCUT2D eigenvalue weighted by Crippen LogP contribution is 2.29. The van der Waals surface area contributed by atoms with Gasteiger partial charge >= 0.3 is 0 Å². The van der Waals surface area contributed by atoms with Gasteiger partial charge in [0.25, 0.3) is 0 Å². The number of hydrogen-bond donors (Lipinski definition) is 2.